The number of hydrogen-bond acceptors (Lipinski definition) is 4. The van der Waals surface area contributed by atoms with E-state index in [1.807, 2.05) is 22.6 Å². The van der Waals surface area contributed by atoms with Gasteiger partial charge in [0.05, 0.1) is 6.61 Å². The molecular weight excluding hydrogens is 306 g/mol. The van der Waals surface area contributed by atoms with E-state index in [0.29, 0.717) is 12.8 Å². The molecule has 0 aliphatic carbocycles. The summed E-state index contributed by atoms with van der Waals surface area (Å²) in [7, 11) is 1.47. The summed E-state index contributed by atoms with van der Waals surface area (Å²) in [5.74, 6) is 0. The molecule has 0 aromatic rings. The van der Waals surface area contributed by atoms with Gasteiger partial charge in [0.2, 0.25) is 0 Å². The Morgan fingerprint density at radius 3 is 2.79 bits per heavy atom. The first-order valence-electron chi connectivity index (χ1n) is 4.42. The van der Waals surface area contributed by atoms with Gasteiger partial charge in [-0.25, -0.2) is 0 Å². The second-order valence-electron chi connectivity index (χ2n) is 3.78. The molecule has 2 fully saturated rings. The second-order valence-corrected chi connectivity index (χ2v) is 5.60. The van der Waals surface area contributed by atoms with Crippen molar-refractivity contribution in [2.24, 2.45) is 0 Å². The Labute approximate surface area is 94.7 Å². The van der Waals surface area contributed by atoms with E-state index in [9.17, 15) is 9.63 Å². The standard InChI is InChI=1S/C8H12FIO4/c1-12-5-6(13-9)8(10)3-2-7(5,4-11)14-8/h5-6,11H,2-4H2,1H3. The van der Waals surface area contributed by atoms with Crippen molar-refractivity contribution < 1.29 is 24.0 Å². The summed E-state index contributed by atoms with van der Waals surface area (Å²) in [5.41, 5.74) is -0.785. The summed E-state index contributed by atoms with van der Waals surface area (Å²) in [6, 6.07) is 0. The molecule has 2 rings (SSSR count). The van der Waals surface area contributed by atoms with Crippen molar-refractivity contribution in [2.75, 3.05) is 13.7 Å². The van der Waals surface area contributed by atoms with Crippen molar-refractivity contribution in [3.63, 3.8) is 0 Å². The fourth-order valence-corrected chi connectivity index (χ4v) is 3.51. The average molecular weight is 318 g/mol. The normalized spacial score (nSPS) is 51.4. The van der Waals surface area contributed by atoms with E-state index >= 15 is 0 Å². The number of aliphatic hydroxyl groups excluding tert-OH is 1. The van der Waals surface area contributed by atoms with Crippen LogP contribution in [0.3, 0.4) is 0 Å². The van der Waals surface area contributed by atoms with E-state index < -0.39 is 21.4 Å². The highest BCUT2D eigenvalue weighted by Crippen LogP contribution is 2.56. The minimum Gasteiger partial charge on any atom is -0.393 e. The summed E-state index contributed by atoms with van der Waals surface area (Å²) >= 11 is 2.03. The van der Waals surface area contributed by atoms with Gasteiger partial charge in [0.1, 0.15) is 11.7 Å². The van der Waals surface area contributed by atoms with Gasteiger partial charge in [-0.2, -0.15) is 4.94 Å². The van der Waals surface area contributed by atoms with E-state index in [2.05, 4.69) is 4.94 Å². The highest BCUT2D eigenvalue weighted by molar-refractivity contribution is 14.1. The van der Waals surface area contributed by atoms with Crippen molar-refractivity contribution in [2.45, 2.75) is 34.3 Å². The van der Waals surface area contributed by atoms with E-state index in [-0.39, 0.29) is 6.61 Å². The van der Waals surface area contributed by atoms with Crippen molar-refractivity contribution in [1.82, 2.24) is 0 Å². The maximum Gasteiger partial charge on any atom is 0.165 e. The lowest BCUT2D eigenvalue weighted by molar-refractivity contribution is -0.222. The molecular formula is C8H12FIO4. The van der Waals surface area contributed by atoms with Crippen LogP contribution >= 0.6 is 22.6 Å². The van der Waals surface area contributed by atoms with Crippen LogP contribution in [0.4, 0.5) is 4.53 Å². The minimum atomic E-state index is -0.785. The number of aliphatic hydroxyl groups is 1. The van der Waals surface area contributed by atoms with Crippen LogP contribution in [-0.4, -0.2) is 40.2 Å². The summed E-state index contributed by atoms with van der Waals surface area (Å²) in [4.78, 5) is 3.91. The molecule has 2 saturated heterocycles. The van der Waals surface area contributed by atoms with Crippen LogP contribution in [0, 0.1) is 0 Å². The lowest BCUT2D eigenvalue weighted by Gasteiger charge is -2.32. The molecule has 4 unspecified atom stereocenters. The number of fused-ring (bicyclic) bond motifs is 2. The smallest absolute Gasteiger partial charge is 0.165 e. The van der Waals surface area contributed by atoms with E-state index in [1.165, 1.54) is 7.11 Å². The first-order valence-corrected chi connectivity index (χ1v) is 5.50. The van der Waals surface area contributed by atoms with Crippen LogP contribution < -0.4 is 0 Å². The lowest BCUT2D eigenvalue weighted by atomic mass is 9.84. The molecule has 0 amide bonds. The number of ether oxygens (including phenoxy) is 2. The molecule has 0 spiro atoms. The zero-order valence-corrected chi connectivity index (χ0v) is 9.86. The molecule has 0 saturated carbocycles. The van der Waals surface area contributed by atoms with Crippen molar-refractivity contribution in [3.8, 4) is 0 Å². The summed E-state index contributed by atoms with van der Waals surface area (Å²) < 4.78 is 22.5. The Bertz CT molecular complexity index is 241. The van der Waals surface area contributed by atoms with Gasteiger partial charge in [0.15, 0.2) is 9.71 Å². The fourth-order valence-electron chi connectivity index (χ4n) is 2.38. The zero-order valence-electron chi connectivity index (χ0n) is 7.70. The predicted molar refractivity (Wildman–Crippen MR) is 53.7 cm³/mol. The Balaban J connectivity index is 2.30. The molecule has 82 valence electrons. The molecule has 0 radical (unpaired) electrons. The highest BCUT2D eigenvalue weighted by Gasteiger charge is 2.68. The molecule has 2 heterocycles. The zero-order chi connectivity index (χ0) is 10.4. The van der Waals surface area contributed by atoms with Crippen molar-refractivity contribution in [3.05, 3.63) is 0 Å². The Hall–Kier alpha value is 0.500. The van der Waals surface area contributed by atoms with Crippen LogP contribution in [-0.2, 0) is 14.4 Å². The molecule has 0 aromatic carbocycles. The molecule has 6 heteroatoms. The first-order chi connectivity index (χ1) is 6.62. The predicted octanol–water partition coefficient (Wildman–Crippen LogP) is 0.958. The maximum atomic E-state index is 12.4. The highest BCUT2D eigenvalue weighted by atomic mass is 127. The number of hydrogen-bond donors (Lipinski definition) is 1. The third-order valence-corrected chi connectivity index (χ3v) is 4.47. The van der Waals surface area contributed by atoms with Crippen LogP contribution in [0.2, 0.25) is 0 Å². The van der Waals surface area contributed by atoms with E-state index in [1.54, 1.807) is 0 Å². The summed E-state index contributed by atoms with van der Waals surface area (Å²) in [5, 5.41) is 9.29. The molecule has 2 aliphatic rings. The van der Waals surface area contributed by atoms with Gasteiger partial charge in [0.25, 0.3) is 0 Å². The molecule has 4 atom stereocenters. The van der Waals surface area contributed by atoms with Gasteiger partial charge in [0, 0.05) is 7.11 Å². The molecule has 0 aromatic heterocycles. The van der Waals surface area contributed by atoms with Crippen LogP contribution in [0.25, 0.3) is 0 Å². The number of halogens is 2. The monoisotopic (exact) mass is 318 g/mol. The molecule has 2 aliphatic heterocycles. The van der Waals surface area contributed by atoms with Gasteiger partial charge in [-0.05, 0) is 40.0 Å². The van der Waals surface area contributed by atoms with Gasteiger partial charge in [-0.1, -0.05) is 0 Å². The molecule has 2 bridgehead atoms. The van der Waals surface area contributed by atoms with Gasteiger partial charge in [-0.15, -0.1) is 0 Å². The SMILES string of the molecule is COC1C(OF)C2(I)CCC1(CO)O2. The third-order valence-electron chi connectivity index (χ3n) is 3.10. The maximum absolute atomic E-state index is 12.4. The number of alkyl halides is 1. The van der Waals surface area contributed by atoms with Gasteiger partial charge >= 0.3 is 0 Å². The molecule has 1 N–H and O–H groups in total. The quantitative estimate of drug-likeness (QED) is 0.622. The number of rotatable bonds is 3. The van der Waals surface area contributed by atoms with Crippen LogP contribution in [0.1, 0.15) is 12.8 Å². The Morgan fingerprint density at radius 2 is 2.29 bits per heavy atom. The average Bonchev–Trinajstić information content (AvgIpc) is 2.65. The van der Waals surface area contributed by atoms with E-state index in [4.69, 9.17) is 9.47 Å². The first kappa shape index (κ1) is 11.0. The van der Waals surface area contributed by atoms with Gasteiger partial charge in [-0.3, -0.25) is 0 Å². The Kier molecular flexibility index (Phi) is 2.76. The topological polar surface area (TPSA) is 47.9 Å². The lowest BCUT2D eigenvalue weighted by Crippen LogP contribution is -2.50. The van der Waals surface area contributed by atoms with Crippen LogP contribution in [0.15, 0.2) is 0 Å². The molecule has 14 heavy (non-hydrogen) atoms. The van der Waals surface area contributed by atoms with Crippen LogP contribution in [0.5, 0.6) is 0 Å². The molecule has 4 nitrogen and oxygen atoms in total. The van der Waals surface area contributed by atoms with E-state index in [0.717, 1.165) is 0 Å². The summed E-state index contributed by atoms with van der Waals surface area (Å²) in [6.45, 7) is -0.171. The Morgan fingerprint density at radius 1 is 1.57 bits per heavy atom. The van der Waals surface area contributed by atoms with Crippen molar-refractivity contribution in [1.29, 1.82) is 0 Å². The summed E-state index contributed by atoms with van der Waals surface area (Å²) in [6.07, 6.45) is 0.0463. The largest absolute Gasteiger partial charge is 0.393 e. The second kappa shape index (κ2) is 3.51. The minimum absolute atomic E-state index is 0.171. The fraction of sp³-hybridized carbons (Fsp3) is 1.00. The van der Waals surface area contributed by atoms with Crippen molar-refractivity contribution >= 4 is 22.6 Å². The number of methoxy groups -OCH3 is 1. The van der Waals surface area contributed by atoms with Gasteiger partial charge < -0.3 is 14.6 Å². The third kappa shape index (κ3) is 1.24.